The van der Waals surface area contributed by atoms with Crippen LogP contribution in [0.5, 0.6) is 0 Å². The summed E-state index contributed by atoms with van der Waals surface area (Å²) in [6.45, 7) is 2.05. The number of piperidine rings is 1. The largest absolute Gasteiger partial charge is 0.339 e. The van der Waals surface area contributed by atoms with Crippen molar-refractivity contribution in [1.82, 2.24) is 19.0 Å². The van der Waals surface area contributed by atoms with Crippen molar-refractivity contribution in [3.05, 3.63) is 68.0 Å². The first kappa shape index (κ1) is 23.3. The van der Waals surface area contributed by atoms with Crippen LogP contribution in [0.1, 0.15) is 35.3 Å². The number of pyridine rings is 1. The Hall–Kier alpha value is -3.89. The first-order valence-electron chi connectivity index (χ1n) is 10.8. The van der Waals surface area contributed by atoms with Gasteiger partial charge in [-0.3, -0.25) is 23.5 Å². The third kappa shape index (κ3) is 4.33. The number of carbonyl (C=O) groups excluding carboxylic acids is 2. The number of aromatic nitrogens is 3. The molecule has 4 rings (SSSR count). The molecule has 1 saturated heterocycles. The lowest BCUT2D eigenvalue weighted by atomic mass is 10.1. The van der Waals surface area contributed by atoms with Crippen molar-refractivity contribution < 1.29 is 18.4 Å². The fourth-order valence-corrected chi connectivity index (χ4v) is 4.10. The van der Waals surface area contributed by atoms with Crippen molar-refractivity contribution in [2.24, 2.45) is 7.05 Å². The van der Waals surface area contributed by atoms with Gasteiger partial charge in [-0.1, -0.05) is 0 Å². The highest BCUT2D eigenvalue weighted by atomic mass is 19.1. The van der Waals surface area contributed by atoms with E-state index in [0.29, 0.717) is 29.4 Å². The van der Waals surface area contributed by atoms with E-state index in [9.17, 15) is 28.0 Å². The highest BCUT2D eigenvalue weighted by Gasteiger charge is 2.25. The van der Waals surface area contributed by atoms with Crippen LogP contribution in [0.2, 0.25) is 0 Å². The summed E-state index contributed by atoms with van der Waals surface area (Å²) in [5, 5.41) is 2.16. The molecular formula is C23H23F2N5O4. The molecular weight excluding hydrogens is 448 g/mol. The van der Waals surface area contributed by atoms with Gasteiger partial charge in [-0.05, 0) is 44.4 Å². The molecule has 11 heteroatoms. The number of amides is 2. The van der Waals surface area contributed by atoms with Crippen LogP contribution in [0.25, 0.3) is 11.0 Å². The van der Waals surface area contributed by atoms with Crippen molar-refractivity contribution in [2.45, 2.75) is 32.7 Å². The minimum absolute atomic E-state index is 0.0385. The third-order valence-electron chi connectivity index (χ3n) is 5.80. The fourth-order valence-electron chi connectivity index (χ4n) is 4.10. The summed E-state index contributed by atoms with van der Waals surface area (Å²) in [6.07, 6.45) is 2.73. The van der Waals surface area contributed by atoms with Crippen molar-refractivity contribution in [3.8, 4) is 0 Å². The van der Waals surface area contributed by atoms with Gasteiger partial charge in [0.05, 0.1) is 16.6 Å². The van der Waals surface area contributed by atoms with Crippen LogP contribution in [0.4, 0.5) is 14.5 Å². The molecule has 1 aromatic carbocycles. The monoisotopic (exact) mass is 471 g/mol. The van der Waals surface area contributed by atoms with Crippen molar-refractivity contribution in [1.29, 1.82) is 0 Å². The van der Waals surface area contributed by atoms with Crippen molar-refractivity contribution in [2.75, 3.05) is 18.4 Å². The van der Waals surface area contributed by atoms with Gasteiger partial charge < -0.3 is 10.2 Å². The van der Waals surface area contributed by atoms with Gasteiger partial charge in [-0.2, -0.15) is 0 Å². The Labute approximate surface area is 192 Å². The molecule has 9 nitrogen and oxygen atoms in total. The number of anilines is 1. The predicted octanol–water partition coefficient (Wildman–Crippen LogP) is 1.95. The first-order valence-corrected chi connectivity index (χ1v) is 10.8. The standard InChI is InChI=1S/C23H23F2N5O4/c1-13-10-15(21(32)29-8-4-3-5-9-29)19-20(26-13)28(2)23(34)30(22(19)33)12-18(31)27-17-7-6-14(24)11-16(17)25/h6-7,10-11H,3-5,8-9,12H2,1-2H3,(H,27,31). The number of hydrogen-bond acceptors (Lipinski definition) is 5. The molecule has 3 heterocycles. The maximum Gasteiger partial charge on any atom is 0.332 e. The summed E-state index contributed by atoms with van der Waals surface area (Å²) in [5.41, 5.74) is -1.34. The van der Waals surface area contributed by atoms with Crippen molar-refractivity contribution >= 4 is 28.5 Å². The second-order valence-corrected chi connectivity index (χ2v) is 8.27. The van der Waals surface area contributed by atoms with Crippen LogP contribution in [0.3, 0.4) is 0 Å². The van der Waals surface area contributed by atoms with Gasteiger partial charge in [0.25, 0.3) is 11.5 Å². The first-order chi connectivity index (χ1) is 16.2. The predicted molar refractivity (Wildman–Crippen MR) is 121 cm³/mol. The molecule has 1 aliphatic heterocycles. The van der Waals surface area contributed by atoms with E-state index in [1.165, 1.54) is 13.1 Å². The number of carbonyl (C=O) groups is 2. The number of benzene rings is 1. The number of fused-ring (bicyclic) bond motifs is 1. The molecule has 0 saturated carbocycles. The van der Waals surface area contributed by atoms with Crippen LogP contribution in [-0.4, -0.2) is 43.9 Å². The molecule has 0 unspecified atom stereocenters. The fraction of sp³-hybridized carbons (Fsp3) is 0.348. The maximum absolute atomic E-state index is 13.9. The Bertz CT molecular complexity index is 1420. The molecule has 0 radical (unpaired) electrons. The number of nitrogens with zero attached hydrogens (tertiary/aromatic N) is 4. The zero-order valence-corrected chi connectivity index (χ0v) is 18.7. The maximum atomic E-state index is 13.9. The van der Waals surface area contributed by atoms with E-state index < -0.39 is 35.3 Å². The molecule has 34 heavy (non-hydrogen) atoms. The smallest absolute Gasteiger partial charge is 0.332 e. The van der Waals surface area contributed by atoms with Gasteiger partial charge >= 0.3 is 5.69 Å². The molecule has 0 aliphatic carbocycles. The van der Waals surface area contributed by atoms with Crippen LogP contribution in [0.15, 0.2) is 33.9 Å². The summed E-state index contributed by atoms with van der Waals surface area (Å²) in [4.78, 5) is 58.0. The van der Waals surface area contributed by atoms with Crippen LogP contribution in [-0.2, 0) is 18.4 Å². The Morgan fingerprint density at radius 3 is 2.47 bits per heavy atom. The molecule has 0 spiro atoms. The topological polar surface area (TPSA) is 106 Å². The Kier molecular flexibility index (Phi) is 6.27. The van der Waals surface area contributed by atoms with Gasteiger partial charge in [0.2, 0.25) is 5.91 Å². The number of likely N-dealkylation sites (tertiary alicyclic amines) is 1. The molecule has 2 aromatic heterocycles. The van der Waals surface area contributed by atoms with Crippen molar-refractivity contribution in [3.63, 3.8) is 0 Å². The van der Waals surface area contributed by atoms with E-state index in [2.05, 4.69) is 10.3 Å². The normalized spacial score (nSPS) is 13.8. The van der Waals surface area contributed by atoms with Gasteiger partial charge in [0, 0.05) is 31.9 Å². The SMILES string of the molecule is Cc1cc(C(=O)N2CCCCC2)c2c(=O)n(CC(=O)Nc3ccc(F)cc3F)c(=O)n(C)c2n1. The van der Waals surface area contributed by atoms with E-state index >= 15 is 0 Å². The molecule has 1 N–H and O–H groups in total. The van der Waals surface area contributed by atoms with Crippen LogP contribution < -0.4 is 16.6 Å². The minimum atomic E-state index is -0.999. The highest BCUT2D eigenvalue weighted by Crippen LogP contribution is 2.19. The number of hydrogen-bond donors (Lipinski definition) is 1. The molecule has 2 amide bonds. The lowest BCUT2D eigenvalue weighted by molar-refractivity contribution is -0.116. The quantitative estimate of drug-likeness (QED) is 0.626. The third-order valence-corrected chi connectivity index (χ3v) is 5.80. The van der Waals surface area contributed by atoms with E-state index in [0.717, 1.165) is 36.0 Å². The van der Waals surface area contributed by atoms with Gasteiger partial charge in [0.1, 0.15) is 23.8 Å². The Morgan fingerprint density at radius 1 is 1.09 bits per heavy atom. The molecule has 0 bridgehead atoms. The zero-order valence-electron chi connectivity index (χ0n) is 18.7. The molecule has 0 atom stereocenters. The molecule has 178 valence electrons. The molecule has 1 fully saturated rings. The van der Waals surface area contributed by atoms with Crippen LogP contribution in [0, 0.1) is 18.6 Å². The van der Waals surface area contributed by atoms with E-state index in [1.54, 1.807) is 11.8 Å². The summed E-state index contributed by atoms with van der Waals surface area (Å²) in [7, 11) is 1.39. The summed E-state index contributed by atoms with van der Waals surface area (Å²) in [6, 6.07) is 4.10. The number of halogens is 2. The zero-order chi connectivity index (χ0) is 24.6. The van der Waals surface area contributed by atoms with Gasteiger partial charge in [0.15, 0.2) is 0 Å². The van der Waals surface area contributed by atoms with E-state index in [-0.39, 0.29) is 28.2 Å². The average Bonchev–Trinajstić information content (AvgIpc) is 2.81. The minimum Gasteiger partial charge on any atom is -0.339 e. The summed E-state index contributed by atoms with van der Waals surface area (Å²) < 4.78 is 28.8. The number of aryl methyl sites for hydroxylation is 2. The number of nitrogens with one attached hydrogen (secondary N) is 1. The van der Waals surface area contributed by atoms with Crippen LogP contribution >= 0.6 is 0 Å². The summed E-state index contributed by atoms with van der Waals surface area (Å²) >= 11 is 0. The Morgan fingerprint density at radius 2 is 1.79 bits per heavy atom. The Balaban J connectivity index is 1.78. The van der Waals surface area contributed by atoms with Gasteiger partial charge in [-0.25, -0.2) is 18.6 Å². The molecule has 3 aromatic rings. The van der Waals surface area contributed by atoms with Gasteiger partial charge in [-0.15, -0.1) is 0 Å². The highest BCUT2D eigenvalue weighted by molar-refractivity contribution is 6.05. The average molecular weight is 471 g/mol. The summed E-state index contributed by atoms with van der Waals surface area (Å²) in [5.74, 6) is -3.02. The van der Waals surface area contributed by atoms with E-state index in [1.807, 2.05) is 0 Å². The lowest BCUT2D eigenvalue weighted by Crippen LogP contribution is -2.43. The number of rotatable bonds is 4. The second-order valence-electron chi connectivity index (χ2n) is 8.27. The second kappa shape index (κ2) is 9.16. The molecule has 1 aliphatic rings. The lowest BCUT2D eigenvalue weighted by Gasteiger charge is -2.27. The van der Waals surface area contributed by atoms with E-state index in [4.69, 9.17) is 0 Å².